The van der Waals surface area contributed by atoms with Crippen LogP contribution in [-0.4, -0.2) is 37.1 Å². The number of oxazole rings is 1. The first-order chi connectivity index (χ1) is 14.3. The van der Waals surface area contributed by atoms with Gasteiger partial charge < -0.3 is 9.15 Å². The largest absolute Gasteiger partial charge is 0.458 e. The van der Waals surface area contributed by atoms with E-state index < -0.39 is 27.5 Å². The third-order valence-corrected chi connectivity index (χ3v) is 6.77. The molecule has 0 unspecified atom stereocenters. The Labute approximate surface area is 179 Å². The highest BCUT2D eigenvalue weighted by Gasteiger charge is 2.22. The van der Waals surface area contributed by atoms with Crippen molar-refractivity contribution in [3.63, 3.8) is 0 Å². The normalized spacial score (nSPS) is 11.4. The molecule has 2 heterocycles. The topological polar surface area (TPSA) is 142 Å². The lowest BCUT2D eigenvalue weighted by atomic mass is 10.3. The van der Waals surface area contributed by atoms with E-state index >= 15 is 0 Å². The molecule has 0 aliphatic heterocycles. The second-order valence-corrected chi connectivity index (χ2v) is 9.26. The van der Waals surface area contributed by atoms with Crippen LogP contribution >= 0.6 is 23.1 Å². The zero-order valence-electron chi connectivity index (χ0n) is 15.4. The van der Waals surface area contributed by atoms with E-state index in [0.717, 1.165) is 22.7 Å². The number of nitro groups is 1. The van der Waals surface area contributed by atoms with Gasteiger partial charge in [-0.15, -0.1) is 23.1 Å². The number of nitrogens with zero attached hydrogens (tertiary/aromatic N) is 2. The van der Waals surface area contributed by atoms with E-state index in [1.165, 1.54) is 29.7 Å². The van der Waals surface area contributed by atoms with Crippen LogP contribution in [-0.2, 0) is 26.2 Å². The number of thioether (sulfide) groups is 1. The maximum atomic E-state index is 12.3. The fourth-order valence-electron chi connectivity index (χ4n) is 2.31. The number of carbonyl (C=O) groups is 1. The molecule has 0 bridgehead atoms. The second kappa shape index (κ2) is 9.38. The summed E-state index contributed by atoms with van der Waals surface area (Å²) in [6.07, 6.45) is 2.99. The number of nitro benzene ring substituents is 1. The lowest BCUT2D eigenvalue weighted by molar-refractivity contribution is -0.387. The molecular weight excluding hydrogens is 454 g/mol. The summed E-state index contributed by atoms with van der Waals surface area (Å²) in [6.45, 7) is -0.834. The molecule has 0 aliphatic carbocycles. The molecule has 0 spiro atoms. The van der Waals surface area contributed by atoms with Crippen LogP contribution in [0.4, 0.5) is 5.69 Å². The van der Waals surface area contributed by atoms with E-state index in [1.807, 2.05) is 17.5 Å². The van der Waals surface area contributed by atoms with Crippen LogP contribution in [0.15, 0.2) is 56.2 Å². The standard InChI is InChI=1S/C17H15N3O7S3/c1-28-14-5-4-12(7-13(14)20(22)23)30(24,25)18-8-16(21)26-9-11-10-27-17(19-11)15-3-2-6-29-15/h2-7,10,18H,8-9H2,1H3. The van der Waals surface area contributed by atoms with E-state index in [1.54, 1.807) is 6.26 Å². The first-order valence-corrected chi connectivity index (χ1v) is 11.8. The molecule has 0 atom stereocenters. The van der Waals surface area contributed by atoms with Gasteiger partial charge in [0.15, 0.2) is 0 Å². The molecule has 10 nitrogen and oxygen atoms in total. The Hall–Kier alpha value is -2.74. The van der Waals surface area contributed by atoms with Crippen molar-refractivity contribution in [3.8, 4) is 10.8 Å². The molecule has 3 aromatic rings. The number of thiophene rings is 1. The van der Waals surface area contributed by atoms with Gasteiger partial charge in [-0.3, -0.25) is 14.9 Å². The first-order valence-electron chi connectivity index (χ1n) is 8.26. The van der Waals surface area contributed by atoms with Crippen molar-refractivity contribution in [2.45, 2.75) is 16.4 Å². The molecule has 2 aromatic heterocycles. The van der Waals surface area contributed by atoms with Crippen molar-refractivity contribution in [3.05, 3.63) is 57.8 Å². The molecule has 0 fully saturated rings. The van der Waals surface area contributed by atoms with E-state index in [9.17, 15) is 23.3 Å². The zero-order valence-corrected chi connectivity index (χ0v) is 17.9. The number of benzene rings is 1. The minimum absolute atomic E-state index is 0.191. The highest BCUT2D eigenvalue weighted by Crippen LogP contribution is 2.29. The Morgan fingerprint density at radius 2 is 2.20 bits per heavy atom. The van der Waals surface area contributed by atoms with Crippen molar-refractivity contribution in [1.82, 2.24) is 9.71 Å². The maximum Gasteiger partial charge on any atom is 0.321 e. The summed E-state index contributed by atoms with van der Waals surface area (Å²) in [5.74, 6) is -0.443. The fourth-order valence-corrected chi connectivity index (χ4v) is 4.50. The third-order valence-electron chi connectivity index (χ3n) is 3.73. The smallest absolute Gasteiger partial charge is 0.321 e. The summed E-state index contributed by atoms with van der Waals surface area (Å²) in [5, 5.41) is 13.0. The van der Waals surface area contributed by atoms with Gasteiger partial charge in [0.1, 0.15) is 25.1 Å². The Bertz CT molecular complexity index is 1160. The van der Waals surface area contributed by atoms with Crippen molar-refractivity contribution in [2.75, 3.05) is 12.8 Å². The van der Waals surface area contributed by atoms with Crippen LogP contribution in [0.25, 0.3) is 10.8 Å². The Balaban J connectivity index is 1.57. The van der Waals surface area contributed by atoms with E-state index in [4.69, 9.17) is 9.15 Å². The number of hydrogen-bond donors (Lipinski definition) is 1. The average Bonchev–Trinajstić information content (AvgIpc) is 3.42. The van der Waals surface area contributed by atoms with Crippen LogP contribution < -0.4 is 4.72 Å². The predicted octanol–water partition coefficient (Wildman–Crippen LogP) is 3.05. The lowest BCUT2D eigenvalue weighted by Crippen LogP contribution is -2.30. The predicted molar refractivity (Wildman–Crippen MR) is 110 cm³/mol. The molecule has 0 saturated heterocycles. The number of carbonyl (C=O) groups excluding carboxylic acids is 1. The Morgan fingerprint density at radius 1 is 1.40 bits per heavy atom. The highest BCUT2D eigenvalue weighted by atomic mass is 32.2. The summed E-state index contributed by atoms with van der Waals surface area (Å²) in [5.41, 5.74) is 0.0402. The van der Waals surface area contributed by atoms with Crippen LogP contribution in [0.5, 0.6) is 0 Å². The monoisotopic (exact) mass is 469 g/mol. The van der Waals surface area contributed by atoms with Crippen molar-refractivity contribution < 1.29 is 27.3 Å². The van der Waals surface area contributed by atoms with Gasteiger partial charge in [0.2, 0.25) is 15.9 Å². The van der Waals surface area contributed by atoms with Crippen LogP contribution in [0.3, 0.4) is 0 Å². The Kier molecular flexibility index (Phi) is 6.87. The second-order valence-electron chi connectivity index (χ2n) is 5.70. The van der Waals surface area contributed by atoms with Gasteiger partial charge in [0, 0.05) is 6.07 Å². The van der Waals surface area contributed by atoms with Gasteiger partial charge >= 0.3 is 5.97 Å². The number of ether oxygens (including phenoxy) is 1. The van der Waals surface area contributed by atoms with Gasteiger partial charge in [-0.1, -0.05) is 6.07 Å². The molecule has 1 aromatic carbocycles. The molecule has 0 saturated carbocycles. The minimum Gasteiger partial charge on any atom is -0.458 e. The molecule has 13 heteroatoms. The third kappa shape index (κ3) is 5.24. The number of sulfonamides is 1. The summed E-state index contributed by atoms with van der Waals surface area (Å²) in [7, 11) is -4.14. The van der Waals surface area contributed by atoms with Crippen molar-refractivity contribution in [2.24, 2.45) is 0 Å². The number of rotatable bonds is 9. The highest BCUT2D eigenvalue weighted by molar-refractivity contribution is 7.98. The quantitative estimate of drug-likeness (QED) is 0.216. The lowest BCUT2D eigenvalue weighted by Gasteiger charge is -2.08. The van der Waals surface area contributed by atoms with E-state index in [2.05, 4.69) is 9.71 Å². The molecule has 0 aliphatic rings. The summed E-state index contributed by atoms with van der Waals surface area (Å²) < 4.78 is 37.1. The number of nitrogens with one attached hydrogen (secondary N) is 1. The van der Waals surface area contributed by atoms with Gasteiger partial charge in [-0.2, -0.15) is 4.72 Å². The van der Waals surface area contributed by atoms with Gasteiger partial charge in [0.25, 0.3) is 5.69 Å². The van der Waals surface area contributed by atoms with Crippen LogP contribution in [0, 0.1) is 10.1 Å². The minimum atomic E-state index is -4.14. The number of esters is 1. The summed E-state index contributed by atoms with van der Waals surface area (Å²) in [4.78, 5) is 27.3. The number of hydrogen-bond acceptors (Lipinski definition) is 10. The summed E-state index contributed by atoms with van der Waals surface area (Å²) >= 11 is 2.57. The fraction of sp³-hybridized carbons (Fsp3) is 0.176. The molecule has 1 N–H and O–H groups in total. The molecule has 3 rings (SSSR count). The average molecular weight is 470 g/mol. The molecule has 0 radical (unpaired) electrons. The number of aromatic nitrogens is 1. The SMILES string of the molecule is CSc1ccc(S(=O)(=O)NCC(=O)OCc2coc(-c3cccs3)n2)cc1[N+](=O)[O-]. The first kappa shape index (κ1) is 22.0. The van der Waals surface area contributed by atoms with E-state index in [-0.39, 0.29) is 17.2 Å². The zero-order chi connectivity index (χ0) is 21.7. The van der Waals surface area contributed by atoms with Gasteiger partial charge in [-0.25, -0.2) is 13.4 Å². The maximum absolute atomic E-state index is 12.3. The molecule has 0 amide bonds. The van der Waals surface area contributed by atoms with Crippen molar-refractivity contribution in [1.29, 1.82) is 0 Å². The molecule has 158 valence electrons. The van der Waals surface area contributed by atoms with Crippen LogP contribution in [0.1, 0.15) is 5.69 Å². The summed E-state index contributed by atoms with van der Waals surface area (Å²) in [6, 6.07) is 7.19. The van der Waals surface area contributed by atoms with Crippen molar-refractivity contribution >= 4 is 44.8 Å². The van der Waals surface area contributed by atoms with Gasteiger partial charge in [-0.05, 0) is 29.8 Å². The molecular formula is C17H15N3O7S3. The van der Waals surface area contributed by atoms with Crippen LogP contribution in [0.2, 0.25) is 0 Å². The van der Waals surface area contributed by atoms with E-state index in [0.29, 0.717) is 16.5 Å². The van der Waals surface area contributed by atoms with Gasteiger partial charge in [0.05, 0.1) is 19.6 Å². The molecule has 30 heavy (non-hydrogen) atoms. The Morgan fingerprint density at radius 3 is 2.87 bits per heavy atom.